The van der Waals surface area contributed by atoms with E-state index in [2.05, 4.69) is 16.3 Å². The van der Waals surface area contributed by atoms with Gasteiger partial charge in [-0.2, -0.15) is 0 Å². The third-order valence-corrected chi connectivity index (χ3v) is 3.17. The molecule has 0 amide bonds. The molecule has 19 heavy (non-hydrogen) atoms. The molecule has 5 heteroatoms. The number of nitrogens with zero attached hydrogens (tertiary/aromatic N) is 1. The largest absolute Gasteiger partial charge is 0.383 e. The Hall–Kier alpha value is -0.810. The highest BCUT2D eigenvalue weighted by Gasteiger charge is 2.06. The van der Waals surface area contributed by atoms with E-state index < -0.39 is 0 Å². The standard InChI is InChI=1S/C14H23ClN2O2/c1-17(7-9-19-3)14-5-4-12(10-13(14)15)11-16-6-8-18-2/h4-5,10,16H,6-9,11H2,1-3H3. The zero-order valence-electron chi connectivity index (χ0n) is 11.9. The fourth-order valence-electron chi connectivity index (χ4n) is 1.73. The van der Waals surface area contributed by atoms with Crippen molar-refractivity contribution >= 4 is 17.3 Å². The third kappa shape index (κ3) is 5.78. The summed E-state index contributed by atoms with van der Waals surface area (Å²) in [5.74, 6) is 0. The topological polar surface area (TPSA) is 33.7 Å². The Balaban J connectivity index is 2.53. The molecule has 0 saturated heterocycles. The Morgan fingerprint density at radius 3 is 2.58 bits per heavy atom. The van der Waals surface area contributed by atoms with Crippen LogP contribution in [0.2, 0.25) is 5.02 Å². The summed E-state index contributed by atoms with van der Waals surface area (Å²) in [5, 5.41) is 4.06. The summed E-state index contributed by atoms with van der Waals surface area (Å²) < 4.78 is 10.1. The van der Waals surface area contributed by atoms with Crippen LogP contribution in [0.1, 0.15) is 5.56 Å². The van der Waals surface area contributed by atoms with Gasteiger partial charge in [0.1, 0.15) is 0 Å². The second kappa shape index (κ2) is 9.15. The average Bonchev–Trinajstić information content (AvgIpc) is 2.41. The molecule has 1 aromatic carbocycles. The zero-order chi connectivity index (χ0) is 14.1. The average molecular weight is 287 g/mol. The van der Waals surface area contributed by atoms with Gasteiger partial charge in [0.15, 0.2) is 0 Å². The number of rotatable bonds is 9. The predicted octanol–water partition coefficient (Wildman–Crippen LogP) is 2.16. The van der Waals surface area contributed by atoms with Crippen LogP contribution in [-0.2, 0) is 16.0 Å². The molecule has 1 aromatic rings. The molecule has 0 aliphatic carbocycles. The summed E-state index contributed by atoms with van der Waals surface area (Å²) in [5.41, 5.74) is 2.20. The van der Waals surface area contributed by atoms with Crippen molar-refractivity contribution in [3.05, 3.63) is 28.8 Å². The summed E-state index contributed by atoms with van der Waals surface area (Å²) in [6.07, 6.45) is 0. The van der Waals surface area contributed by atoms with E-state index in [1.54, 1.807) is 14.2 Å². The maximum Gasteiger partial charge on any atom is 0.0642 e. The summed E-state index contributed by atoms with van der Waals surface area (Å²) in [4.78, 5) is 2.09. The molecule has 0 aromatic heterocycles. The predicted molar refractivity (Wildman–Crippen MR) is 80.2 cm³/mol. The van der Waals surface area contributed by atoms with Crippen molar-refractivity contribution in [2.45, 2.75) is 6.54 Å². The maximum atomic E-state index is 6.31. The molecular formula is C14H23ClN2O2. The zero-order valence-corrected chi connectivity index (χ0v) is 12.7. The molecule has 0 aliphatic heterocycles. The normalized spacial score (nSPS) is 10.7. The number of hydrogen-bond donors (Lipinski definition) is 1. The molecule has 0 fully saturated rings. The molecule has 108 valence electrons. The minimum Gasteiger partial charge on any atom is -0.383 e. The minimum atomic E-state index is 0.688. The summed E-state index contributed by atoms with van der Waals surface area (Å²) in [6, 6.07) is 6.13. The first-order valence-corrected chi connectivity index (χ1v) is 6.75. The molecule has 1 rings (SSSR count). The van der Waals surface area contributed by atoms with Crippen molar-refractivity contribution < 1.29 is 9.47 Å². The van der Waals surface area contributed by atoms with Crippen LogP contribution in [0.15, 0.2) is 18.2 Å². The highest BCUT2D eigenvalue weighted by Crippen LogP contribution is 2.25. The fraction of sp³-hybridized carbons (Fsp3) is 0.571. The minimum absolute atomic E-state index is 0.688. The molecule has 4 nitrogen and oxygen atoms in total. The lowest BCUT2D eigenvalue weighted by Crippen LogP contribution is -2.22. The van der Waals surface area contributed by atoms with Crippen LogP contribution in [0.3, 0.4) is 0 Å². The van der Waals surface area contributed by atoms with Gasteiger partial charge in [-0.05, 0) is 17.7 Å². The van der Waals surface area contributed by atoms with Crippen LogP contribution in [-0.4, -0.2) is 47.6 Å². The number of ether oxygens (including phenoxy) is 2. The second-order valence-corrected chi connectivity index (χ2v) is 4.78. The summed E-state index contributed by atoms with van der Waals surface area (Å²) in [7, 11) is 5.41. The van der Waals surface area contributed by atoms with Crippen LogP contribution in [0.4, 0.5) is 5.69 Å². The number of anilines is 1. The maximum absolute atomic E-state index is 6.31. The number of methoxy groups -OCH3 is 2. The summed E-state index contributed by atoms with van der Waals surface area (Å²) >= 11 is 6.31. The number of hydrogen-bond acceptors (Lipinski definition) is 4. The molecule has 0 radical (unpaired) electrons. The molecule has 0 unspecified atom stereocenters. The van der Waals surface area contributed by atoms with Gasteiger partial charge in [-0.25, -0.2) is 0 Å². The smallest absolute Gasteiger partial charge is 0.0642 e. The highest BCUT2D eigenvalue weighted by atomic mass is 35.5. The number of halogens is 1. The van der Waals surface area contributed by atoms with Crippen molar-refractivity contribution in [1.82, 2.24) is 5.32 Å². The van der Waals surface area contributed by atoms with Gasteiger partial charge in [0.05, 0.1) is 23.9 Å². The Labute approximate surface area is 120 Å². The number of likely N-dealkylation sites (N-methyl/N-ethyl adjacent to an activating group) is 1. The van der Waals surface area contributed by atoms with Crippen LogP contribution < -0.4 is 10.2 Å². The molecule has 1 N–H and O–H groups in total. The quantitative estimate of drug-likeness (QED) is 0.706. The van der Waals surface area contributed by atoms with E-state index in [0.29, 0.717) is 13.2 Å². The van der Waals surface area contributed by atoms with Gasteiger partial charge in [0.25, 0.3) is 0 Å². The van der Waals surface area contributed by atoms with Crippen LogP contribution in [0, 0.1) is 0 Å². The molecule has 0 heterocycles. The first-order chi connectivity index (χ1) is 9.19. The van der Waals surface area contributed by atoms with Crippen molar-refractivity contribution in [3.63, 3.8) is 0 Å². The second-order valence-electron chi connectivity index (χ2n) is 4.37. The Bertz CT molecular complexity index is 374. The Morgan fingerprint density at radius 2 is 1.95 bits per heavy atom. The van der Waals surface area contributed by atoms with E-state index in [-0.39, 0.29) is 0 Å². The number of benzene rings is 1. The van der Waals surface area contributed by atoms with Crippen LogP contribution in [0.5, 0.6) is 0 Å². The van der Waals surface area contributed by atoms with E-state index >= 15 is 0 Å². The van der Waals surface area contributed by atoms with Gasteiger partial charge in [0, 0.05) is 40.9 Å². The molecule has 0 spiro atoms. The lowest BCUT2D eigenvalue weighted by Gasteiger charge is -2.20. The van der Waals surface area contributed by atoms with Crippen molar-refractivity contribution in [3.8, 4) is 0 Å². The summed E-state index contributed by atoms with van der Waals surface area (Å²) in [6.45, 7) is 3.86. The lowest BCUT2D eigenvalue weighted by molar-refractivity contribution is 0.199. The van der Waals surface area contributed by atoms with Gasteiger partial charge >= 0.3 is 0 Å². The Kier molecular flexibility index (Phi) is 7.82. The molecule has 0 saturated carbocycles. The first-order valence-electron chi connectivity index (χ1n) is 6.37. The van der Waals surface area contributed by atoms with Crippen LogP contribution >= 0.6 is 11.6 Å². The molecule has 0 bridgehead atoms. The molecule has 0 atom stereocenters. The van der Waals surface area contributed by atoms with E-state index in [1.807, 2.05) is 19.2 Å². The highest BCUT2D eigenvalue weighted by molar-refractivity contribution is 6.33. The van der Waals surface area contributed by atoms with Crippen molar-refractivity contribution in [2.24, 2.45) is 0 Å². The van der Waals surface area contributed by atoms with Gasteiger partial charge in [0.2, 0.25) is 0 Å². The van der Waals surface area contributed by atoms with E-state index in [4.69, 9.17) is 21.1 Å². The van der Waals surface area contributed by atoms with E-state index in [9.17, 15) is 0 Å². The van der Waals surface area contributed by atoms with Crippen molar-refractivity contribution in [2.75, 3.05) is 52.5 Å². The molecular weight excluding hydrogens is 264 g/mol. The van der Waals surface area contributed by atoms with E-state index in [0.717, 1.165) is 30.3 Å². The fourth-order valence-corrected chi connectivity index (χ4v) is 2.07. The first kappa shape index (κ1) is 16.2. The third-order valence-electron chi connectivity index (χ3n) is 2.87. The Morgan fingerprint density at radius 1 is 1.21 bits per heavy atom. The van der Waals surface area contributed by atoms with Gasteiger partial charge in [-0.1, -0.05) is 17.7 Å². The monoisotopic (exact) mass is 286 g/mol. The van der Waals surface area contributed by atoms with Gasteiger partial charge in [-0.15, -0.1) is 0 Å². The lowest BCUT2D eigenvalue weighted by atomic mass is 10.2. The molecule has 0 aliphatic rings. The number of nitrogens with one attached hydrogen (secondary N) is 1. The van der Waals surface area contributed by atoms with E-state index in [1.165, 1.54) is 5.56 Å². The van der Waals surface area contributed by atoms with Gasteiger partial charge in [-0.3, -0.25) is 0 Å². The SMILES string of the molecule is COCCNCc1ccc(N(C)CCOC)c(Cl)c1. The van der Waals surface area contributed by atoms with Crippen molar-refractivity contribution in [1.29, 1.82) is 0 Å². The van der Waals surface area contributed by atoms with Crippen LogP contribution in [0.25, 0.3) is 0 Å². The van der Waals surface area contributed by atoms with Gasteiger partial charge < -0.3 is 19.7 Å².